The van der Waals surface area contributed by atoms with Crippen molar-refractivity contribution in [2.24, 2.45) is 5.92 Å². The number of aromatic amines is 1. The van der Waals surface area contributed by atoms with Crippen molar-refractivity contribution in [3.05, 3.63) is 45.7 Å². The monoisotopic (exact) mass is 458 g/mol. The van der Waals surface area contributed by atoms with Crippen LogP contribution in [0, 0.1) is 5.92 Å². The number of nitrogens with one attached hydrogen (secondary N) is 4. The Labute approximate surface area is 186 Å². The van der Waals surface area contributed by atoms with E-state index in [1.54, 1.807) is 12.1 Å². The van der Waals surface area contributed by atoms with E-state index >= 15 is 0 Å². The summed E-state index contributed by atoms with van der Waals surface area (Å²) in [6.07, 6.45) is -0.466. The highest BCUT2D eigenvalue weighted by Crippen LogP contribution is 2.22. The summed E-state index contributed by atoms with van der Waals surface area (Å²) < 4.78 is 0. The normalized spacial score (nSPS) is 15.6. The number of carboxylic acid groups (broad SMARTS) is 2. The number of aliphatic carboxylic acids is 2. The van der Waals surface area contributed by atoms with Gasteiger partial charge in [0, 0.05) is 24.2 Å². The Morgan fingerprint density at radius 2 is 1.88 bits per heavy atom. The van der Waals surface area contributed by atoms with Crippen molar-refractivity contribution in [2.45, 2.75) is 25.3 Å². The van der Waals surface area contributed by atoms with Crippen LogP contribution in [0.4, 0.5) is 17.5 Å². The van der Waals surface area contributed by atoms with Gasteiger partial charge in [-0.2, -0.15) is 4.98 Å². The summed E-state index contributed by atoms with van der Waals surface area (Å²) >= 11 is 0. The lowest BCUT2D eigenvalue weighted by molar-refractivity contribution is -0.140. The number of hydrogen-bond acceptors (Lipinski definition) is 8. The molecule has 0 bridgehead atoms. The fourth-order valence-corrected chi connectivity index (χ4v) is 3.28. The molecule has 2 aromatic rings. The molecule has 174 valence electrons. The highest BCUT2D eigenvalue weighted by atomic mass is 16.4. The highest BCUT2D eigenvalue weighted by Gasteiger charge is 2.29. The molecule has 1 aliphatic heterocycles. The Morgan fingerprint density at radius 3 is 2.52 bits per heavy atom. The predicted molar refractivity (Wildman–Crippen MR) is 116 cm³/mol. The van der Waals surface area contributed by atoms with E-state index < -0.39 is 41.8 Å². The number of hydrogen-bond donors (Lipinski definition) is 7. The number of benzene rings is 1. The van der Waals surface area contributed by atoms with Gasteiger partial charge >= 0.3 is 11.9 Å². The molecule has 8 N–H and O–H groups in total. The number of carboxylic acids is 2. The SMILES string of the molecule is Nc1nc2c(c(=O)[nH]1)CC(CNc1ccc(C(=O)N[C@@H](CCC(=O)O)C(=O)O)cc1)C(=O)N2. The van der Waals surface area contributed by atoms with E-state index in [-0.39, 0.29) is 42.6 Å². The summed E-state index contributed by atoms with van der Waals surface area (Å²) in [5, 5.41) is 25.8. The molecule has 0 fully saturated rings. The number of nitrogens with two attached hydrogens (primary N) is 1. The molecule has 2 amide bonds. The van der Waals surface area contributed by atoms with E-state index in [0.29, 0.717) is 11.3 Å². The molecule has 0 radical (unpaired) electrons. The topological polar surface area (TPSA) is 217 Å². The van der Waals surface area contributed by atoms with Crippen molar-refractivity contribution in [1.29, 1.82) is 0 Å². The average molecular weight is 458 g/mol. The van der Waals surface area contributed by atoms with E-state index in [4.69, 9.17) is 15.9 Å². The second-order valence-electron chi connectivity index (χ2n) is 7.42. The minimum absolute atomic E-state index is 0.0867. The maximum absolute atomic E-state index is 12.3. The lowest BCUT2D eigenvalue weighted by atomic mass is 9.95. The third-order valence-electron chi connectivity index (χ3n) is 5.05. The summed E-state index contributed by atoms with van der Waals surface area (Å²) in [7, 11) is 0. The van der Waals surface area contributed by atoms with Gasteiger partial charge in [-0.3, -0.25) is 24.2 Å². The zero-order valence-corrected chi connectivity index (χ0v) is 17.3. The summed E-state index contributed by atoms with van der Waals surface area (Å²) in [6, 6.07) is 4.74. The first kappa shape index (κ1) is 23.2. The first-order valence-corrected chi connectivity index (χ1v) is 9.93. The fraction of sp³-hybridized carbons (Fsp3) is 0.300. The van der Waals surface area contributed by atoms with Gasteiger partial charge in [-0.15, -0.1) is 0 Å². The fourth-order valence-electron chi connectivity index (χ4n) is 3.28. The number of nitrogens with zero attached hydrogens (tertiary/aromatic N) is 1. The Hall–Kier alpha value is -4.42. The average Bonchev–Trinajstić information content (AvgIpc) is 2.75. The standard InChI is InChI=1S/C20H22N6O7/c21-20-25-15-12(18(31)26-20)7-10(17(30)24-15)8-22-11-3-1-9(2-4-11)16(29)23-13(19(32)33)5-6-14(27)28/h1-4,10,13,22H,5-8H2,(H,23,29)(H,27,28)(H,32,33)(H4,21,24,25,26,30,31)/t10?,13-/m0/s1. The third kappa shape index (κ3) is 5.84. The molecule has 0 aliphatic carbocycles. The van der Waals surface area contributed by atoms with E-state index in [0.717, 1.165) is 0 Å². The van der Waals surface area contributed by atoms with Crippen LogP contribution < -0.4 is 27.2 Å². The molecule has 0 spiro atoms. The number of carbonyl (C=O) groups is 4. The van der Waals surface area contributed by atoms with Crippen LogP contribution in [0.2, 0.25) is 0 Å². The molecule has 13 nitrogen and oxygen atoms in total. The molecule has 1 aromatic carbocycles. The number of fused-ring (bicyclic) bond motifs is 1. The van der Waals surface area contributed by atoms with Gasteiger partial charge in [-0.25, -0.2) is 4.79 Å². The molecule has 0 saturated carbocycles. The Kier molecular flexibility index (Phi) is 6.91. The number of aromatic nitrogens is 2. The van der Waals surface area contributed by atoms with Gasteiger partial charge in [0.25, 0.3) is 11.5 Å². The van der Waals surface area contributed by atoms with Crippen LogP contribution in [0.25, 0.3) is 0 Å². The van der Waals surface area contributed by atoms with Gasteiger partial charge in [0.15, 0.2) is 0 Å². The van der Waals surface area contributed by atoms with Crippen LogP contribution in [0.1, 0.15) is 28.8 Å². The van der Waals surface area contributed by atoms with Crippen LogP contribution in [-0.2, 0) is 20.8 Å². The minimum Gasteiger partial charge on any atom is -0.481 e. The van der Waals surface area contributed by atoms with Crippen LogP contribution in [-0.4, -0.2) is 56.5 Å². The van der Waals surface area contributed by atoms with Crippen LogP contribution in [0.15, 0.2) is 29.1 Å². The predicted octanol–water partition coefficient (Wildman–Crippen LogP) is -0.377. The number of anilines is 3. The third-order valence-corrected chi connectivity index (χ3v) is 5.05. The van der Waals surface area contributed by atoms with Crippen LogP contribution in [0.3, 0.4) is 0 Å². The van der Waals surface area contributed by atoms with Crippen molar-refractivity contribution in [3.63, 3.8) is 0 Å². The lowest BCUT2D eigenvalue weighted by Crippen LogP contribution is -2.41. The number of carbonyl (C=O) groups excluding carboxylic acids is 2. The smallest absolute Gasteiger partial charge is 0.326 e. The molecular formula is C20H22N6O7. The molecule has 13 heteroatoms. The summed E-state index contributed by atoms with van der Waals surface area (Å²) in [5.41, 5.74) is 6.18. The van der Waals surface area contributed by atoms with Crippen molar-refractivity contribution in [3.8, 4) is 0 Å². The zero-order valence-electron chi connectivity index (χ0n) is 17.3. The van der Waals surface area contributed by atoms with Crippen LogP contribution >= 0.6 is 0 Å². The number of H-pyrrole nitrogens is 1. The number of nitrogen functional groups attached to an aromatic ring is 1. The number of rotatable bonds is 9. The molecule has 2 heterocycles. The quantitative estimate of drug-likeness (QED) is 0.258. The Bertz CT molecular complexity index is 1140. The molecule has 33 heavy (non-hydrogen) atoms. The van der Waals surface area contributed by atoms with E-state index in [9.17, 15) is 24.0 Å². The number of amides is 2. The van der Waals surface area contributed by atoms with Gasteiger partial charge in [0.2, 0.25) is 11.9 Å². The second-order valence-corrected chi connectivity index (χ2v) is 7.42. The van der Waals surface area contributed by atoms with E-state index in [1.807, 2.05) is 0 Å². The first-order chi connectivity index (χ1) is 15.6. The van der Waals surface area contributed by atoms with E-state index in [2.05, 4.69) is 25.9 Å². The van der Waals surface area contributed by atoms with Gasteiger partial charge in [0.1, 0.15) is 11.9 Å². The summed E-state index contributed by atoms with van der Waals surface area (Å²) in [4.78, 5) is 64.9. The lowest BCUT2D eigenvalue weighted by Gasteiger charge is -2.23. The van der Waals surface area contributed by atoms with E-state index in [1.165, 1.54) is 12.1 Å². The highest BCUT2D eigenvalue weighted by molar-refractivity contribution is 5.97. The molecule has 1 aromatic heterocycles. The maximum atomic E-state index is 12.3. The van der Waals surface area contributed by atoms with Crippen molar-refractivity contribution in [1.82, 2.24) is 15.3 Å². The summed E-state index contributed by atoms with van der Waals surface area (Å²) in [5.74, 6) is -3.94. The largest absolute Gasteiger partial charge is 0.481 e. The Morgan fingerprint density at radius 1 is 1.18 bits per heavy atom. The summed E-state index contributed by atoms with van der Waals surface area (Å²) in [6.45, 7) is 0.205. The first-order valence-electron chi connectivity index (χ1n) is 9.93. The van der Waals surface area contributed by atoms with Crippen molar-refractivity contribution in [2.75, 3.05) is 22.9 Å². The minimum atomic E-state index is -1.33. The molecule has 0 saturated heterocycles. The molecular weight excluding hydrogens is 436 g/mol. The van der Waals surface area contributed by atoms with Crippen molar-refractivity contribution < 1.29 is 29.4 Å². The molecule has 1 aliphatic rings. The van der Waals surface area contributed by atoms with Gasteiger partial charge in [-0.1, -0.05) is 0 Å². The molecule has 2 atom stereocenters. The van der Waals surface area contributed by atoms with Crippen molar-refractivity contribution >= 4 is 41.2 Å². The van der Waals surface area contributed by atoms with Gasteiger partial charge in [-0.05, 0) is 37.1 Å². The molecule has 1 unspecified atom stereocenters. The maximum Gasteiger partial charge on any atom is 0.326 e. The van der Waals surface area contributed by atoms with Gasteiger partial charge < -0.3 is 31.9 Å². The zero-order chi connectivity index (χ0) is 24.1. The second kappa shape index (κ2) is 9.80. The van der Waals surface area contributed by atoms with Crippen LogP contribution in [0.5, 0.6) is 0 Å². The Balaban J connectivity index is 1.59. The molecule has 3 rings (SSSR count). The van der Waals surface area contributed by atoms with Gasteiger partial charge in [0.05, 0.1) is 11.5 Å².